The van der Waals surface area contributed by atoms with E-state index in [4.69, 9.17) is 33.8 Å². The fraction of sp³-hybridized carbons (Fsp3) is 0.250. The lowest BCUT2D eigenvalue weighted by molar-refractivity contribution is 0.414. The highest BCUT2D eigenvalue weighted by Gasteiger charge is 2.14. The Kier molecular flexibility index (Phi) is 5.88. The van der Waals surface area contributed by atoms with Gasteiger partial charge in [-0.05, 0) is 54.3 Å². The number of aryl methyl sites for hydroxylation is 1. The van der Waals surface area contributed by atoms with Gasteiger partial charge < -0.3 is 4.74 Å². The topological polar surface area (TPSA) is 47.3 Å². The maximum Gasteiger partial charge on any atom is 0.118 e. The van der Waals surface area contributed by atoms with E-state index in [2.05, 4.69) is 5.43 Å². The van der Waals surface area contributed by atoms with Crippen LogP contribution in [0, 0.1) is 0 Å². The summed E-state index contributed by atoms with van der Waals surface area (Å²) < 4.78 is 5.15. The smallest absolute Gasteiger partial charge is 0.118 e. The summed E-state index contributed by atoms with van der Waals surface area (Å²) in [6.07, 6.45) is 1.70. The van der Waals surface area contributed by atoms with Gasteiger partial charge in [-0.15, -0.1) is 0 Å². The zero-order valence-corrected chi connectivity index (χ0v) is 13.3. The molecule has 0 fully saturated rings. The van der Waals surface area contributed by atoms with E-state index in [-0.39, 0.29) is 6.04 Å². The van der Waals surface area contributed by atoms with Crippen molar-refractivity contribution in [2.75, 3.05) is 7.11 Å². The lowest BCUT2D eigenvalue weighted by Crippen LogP contribution is -2.28. The summed E-state index contributed by atoms with van der Waals surface area (Å²) in [5.74, 6) is 6.51. The third-order valence-electron chi connectivity index (χ3n) is 3.42. The first kappa shape index (κ1) is 16.1. The predicted octanol–water partition coefficient (Wildman–Crippen LogP) is 4.14. The molecule has 3 nitrogen and oxygen atoms in total. The molecule has 0 saturated heterocycles. The Bertz CT molecular complexity index is 587. The monoisotopic (exact) mass is 324 g/mol. The molecule has 0 radical (unpaired) electrons. The molecule has 2 rings (SSSR count). The van der Waals surface area contributed by atoms with Crippen molar-refractivity contribution in [3.05, 3.63) is 63.6 Å². The molecule has 0 bridgehead atoms. The van der Waals surface area contributed by atoms with Crippen molar-refractivity contribution < 1.29 is 4.74 Å². The molecule has 0 aliphatic rings. The van der Waals surface area contributed by atoms with Gasteiger partial charge in [0, 0.05) is 16.1 Å². The van der Waals surface area contributed by atoms with Gasteiger partial charge in [0.1, 0.15) is 5.75 Å². The van der Waals surface area contributed by atoms with Crippen LogP contribution < -0.4 is 16.0 Å². The van der Waals surface area contributed by atoms with Gasteiger partial charge in [0.05, 0.1) is 7.11 Å². The Morgan fingerprint density at radius 3 is 2.48 bits per heavy atom. The summed E-state index contributed by atoms with van der Waals surface area (Å²) in [6, 6.07) is 13.4. The van der Waals surface area contributed by atoms with Gasteiger partial charge in [0.15, 0.2) is 0 Å². The Hall–Kier alpha value is -1.26. The second kappa shape index (κ2) is 7.66. The molecule has 3 N–H and O–H groups in total. The van der Waals surface area contributed by atoms with Crippen molar-refractivity contribution in [3.63, 3.8) is 0 Å². The number of nitrogens with one attached hydrogen (secondary N) is 1. The number of hydrazine groups is 1. The van der Waals surface area contributed by atoms with E-state index in [0.29, 0.717) is 10.0 Å². The van der Waals surface area contributed by atoms with Crippen LogP contribution in [0.3, 0.4) is 0 Å². The Morgan fingerprint density at radius 2 is 1.86 bits per heavy atom. The van der Waals surface area contributed by atoms with Crippen LogP contribution in [0.5, 0.6) is 5.75 Å². The van der Waals surface area contributed by atoms with Gasteiger partial charge in [-0.1, -0.05) is 35.3 Å². The van der Waals surface area contributed by atoms with Crippen molar-refractivity contribution in [1.29, 1.82) is 0 Å². The molecule has 1 unspecified atom stereocenters. The minimum Gasteiger partial charge on any atom is -0.497 e. The molecule has 0 saturated carbocycles. The molecule has 2 aromatic carbocycles. The minimum absolute atomic E-state index is 0.0432. The minimum atomic E-state index is -0.0432. The van der Waals surface area contributed by atoms with Crippen LogP contribution in [0.2, 0.25) is 10.0 Å². The number of ether oxygens (including phenoxy) is 1. The van der Waals surface area contributed by atoms with Crippen LogP contribution in [0.25, 0.3) is 0 Å². The largest absolute Gasteiger partial charge is 0.497 e. The van der Waals surface area contributed by atoms with Gasteiger partial charge >= 0.3 is 0 Å². The Labute approximate surface area is 135 Å². The number of nitrogens with two attached hydrogens (primary N) is 1. The molecule has 0 spiro atoms. The molecule has 2 aromatic rings. The van der Waals surface area contributed by atoms with E-state index in [1.807, 2.05) is 30.3 Å². The fourth-order valence-electron chi connectivity index (χ4n) is 2.21. The molecule has 0 aliphatic carbocycles. The van der Waals surface area contributed by atoms with E-state index in [0.717, 1.165) is 24.2 Å². The lowest BCUT2D eigenvalue weighted by Gasteiger charge is -2.18. The molecule has 0 heterocycles. The van der Waals surface area contributed by atoms with E-state index < -0.39 is 0 Å². The van der Waals surface area contributed by atoms with E-state index in [9.17, 15) is 0 Å². The van der Waals surface area contributed by atoms with E-state index in [1.165, 1.54) is 5.56 Å². The Morgan fingerprint density at radius 1 is 1.14 bits per heavy atom. The summed E-state index contributed by atoms with van der Waals surface area (Å²) in [5.41, 5.74) is 4.95. The first-order valence-electron chi connectivity index (χ1n) is 6.68. The molecule has 21 heavy (non-hydrogen) atoms. The SMILES string of the molecule is COc1ccc(CCC(NN)c2cc(Cl)ccc2Cl)cc1. The summed E-state index contributed by atoms with van der Waals surface area (Å²) in [4.78, 5) is 0. The number of hydrogen-bond acceptors (Lipinski definition) is 3. The predicted molar refractivity (Wildman–Crippen MR) is 87.8 cm³/mol. The van der Waals surface area contributed by atoms with Crippen LogP contribution in [-0.2, 0) is 6.42 Å². The molecule has 0 aromatic heterocycles. The molecule has 0 aliphatic heterocycles. The normalized spacial score (nSPS) is 12.2. The average molecular weight is 325 g/mol. The summed E-state index contributed by atoms with van der Waals surface area (Å²) in [7, 11) is 1.66. The summed E-state index contributed by atoms with van der Waals surface area (Å²) in [5, 5.41) is 1.32. The fourth-order valence-corrected chi connectivity index (χ4v) is 2.64. The maximum atomic E-state index is 6.22. The lowest BCUT2D eigenvalue weighted by atomic mass is 9.99. The third-order valence-corrected chi connectivity index (χ3v) is 3.99. The number of hydrogen-bond donors (Lipinski definition) is 2. The van der Waals surface area contributed by atoms with Crippen molar-refractivity contribution in [2.45, 2.75) is 18.9 Å². The van der Waals surface area contributed by atoms with Gasteiger partial charge in [-0.2, -0.15) is 0 Å². The summed E-state index contributed by atoms with van der Waals surface area (Å²) in [6.45, 7) is 0. The first-order valence-corrected chi connectivity index (χ1v) is 7.43. The maximum absolute atomic E-state index is 6.22. The quantitative estimate of drug-likeness (QED) is 0.620. The second-order valence-corrected chi connectivity index (χ2v) is 5.62. The Balaban J connectivity index is 2.06. The zero-order chi connectivity index (χ0) is 15.2. The number of benzene rings is 2. The van der Waals surface area contributed by atoms with Crippen molar-refractivity contribution in [1.82, 2.24) is 5.43 Å². The van der Waals surface area contributed by atoms with Crippen LogP contribution in [0.1, 0.15) is 23.6 Å². The highest BCUT2D eigenvalue weighted by atomic mass is 35.5. The van der Waals surface area contributed by atoms with E-state index in [1.54, 1.807) is 19.2 Å². The average Bonchev–Trinajstić information content (AvgIpc) is 2.51. The van der Waals surface area contributed by atoms with E-state index >= 15 is 0 Å². The van der Waals surface area contributed by atoms with Crippen molar-refractivity contribution in [3.8, 4) is 5.75 Å². The van der Waals surface area contributed by atoms with Crippen molar-refractivity contribution in [2.24, 2.45) is 5.84 Å². The molecular formula is C16H18Cl2N2O. The third kappa shape index (κ3) is 4.35. The van der Waals surface area contributed by atoms with Crippen LogP contribution in [-0.4, -0.2) is 7.11 Å². The van der Waals surface area contributed by atoms with Crippen molar-refractivity contribution >= 4 is 23.2 Å². The van der Waals surface area contributed by atoms with Gasteiger partial charge in [0.2, 0.25) is 0 Å². The number of rotatable bonds is 6. The molecule has 0 amide bonds. The van der Waals surface area contributed by atoms with Crippen LogP contribution in [0.4, 0.5) is 0 Å². The highest BCUT2D eigenvalue weighted by Crippen LogP contribution is 2.28. The van der Waals surface area contributed by atoms with Gasteiger partial charge in [0.25, 0.3) is 0 Å². The molecule has 1 atom stereocenters. The van der Waals surface area contributed by atoms with Gasteiger partial charge in [-0.3, -0.25) is 11.3 Å². The highest BCUT2D eigenvalue weighted by molar-refractivity contribution is 6.33. The zero-order valence-electron chi connectivity index (χ0n) is 11.8. The standard InChI is InChI=1S/C16H18Cl2N2O/c1-21-13-6-2-11(3-7-13)4-9-16(20-19)14-10-12(17)5-8-15(14)18/h2-3,5-8,10,16,20H,4,9,19H2,1H3. The molecule has 5 heteroatoms. The number of halogens is 2. The second-order valence-electron chi connectivity index (χ2n) is 4.77. The number of methoxy groups -OCH3 is 1. The molecule has 112 valence electrons. The van der Waals surface area contributed by atoms with Gasteiger partial charge in [-0.25, -0.2) is 0 Å². The van der Waals surface area contributed by atoms with Crippen LogP contribution in [0.15, 0.2) is 42.5 Å². The first-order chi connectivity index (χ1) is 10.1. The molecular weight excluding hydrogens is 307 g/mol. The summed E-state index contributed by atoms with van der Waals surface area (Å²) >= 11 is 12.2. The van der Waals surface area contributed by atoms with Crippen LogP contribution >= 0.6 is 23.2 Å².